The summed E-state index contributed by atoms with van der Waals surface area (Å²) in [5.74, 6) is 0.657. The minimum absolute atomic E-state index is 0.0963. The van der Waals surface area contributed by atoms with Crippen LogP contribution in [0.2, 0.25) is 5.28 Å². The number of hydrogen-bond acceptors (Lipinski definition) is 5. The van der Waals surface area contributed by atoms with E-state index in [2.05, 4.69) is 9.97 Å². The maximum absolute atomic E-state index is 13.1. The number of aromatic nitrogens is 3. The first-order valence-electron chi connectivity index (χ1n) is 9.85. The lowest BCUT2D eigenvalue weighted by Crippen LogP contribution is -2.27. The molecule has 2 aromatic carbocycles. The Bertz CT molecular complexity index is 1230. The Morgan fingerprint density at radius 2 is 1.84 bits per heavy atom. The van der Waals surface area contributed by atoms with Gasteiger partial charge in [0.25, 0.3) is 0 Å². The molecule has 0 saturated heterocycles. The van der Waals surface area contributed by atoms with Crippen LogP contribution in [0.1, 0.15) is 26.3 Å². The van der Waals surface area contributed by atoms with Gasteiger partial charge in [-0.1, -0.05) is 36.4 Å². The molecule has 0 unspecified atom stereocenters. The van der Waals surface area contributed by atoms with Gasteiger partial charge < -0.3 is 9.47 Å². The summed E-state index contributed by atoms with van der Waals surface area (Å²) < 4.78 is 13.2. The Balaban J connectivity index is 1.82. The van der Waals surface area contributed by atoms with Gasteiger partial charge in [0.1, 0.15) is 18.0 Å². The Morgan fingerprint density at radius 3 is 2.55 bits per heavy atom. The van der Waals surface area contributed by atoms with E-state index in [0.29, 0.717) is 29.3 Å². The van der Waals surface area contributed by atoms with Gasteiger partial charge in [-0.3, -0.25) is 0 Å². The van der Waals surface area contributed by atoms with Crippen LogP contribution in [-0.2, 0) is 11.3 Å². The minimum Gasteiger partial charge on any atom is -0.488 e. The summed E-state index contributed by atoms with van der Waals surface area (Å²) in [5, 5.41) is 0.869. The highest BCUT2D eigenvalue weighted by atomic mass is 35.5. The third kappa shape index (κ3) is 4.70. The Hall–Kier alpha value is -3.38. The van der Waals surface area contributed by atoms with Crippen LogP contribution in [0.4, 0.5) is 4.79 Å². The number of benzene rings is 2. The first kappa shape index (κ1) is 20.9. The zero-order valence-electron chi connectivity index (χ0n) is 17.5. The molecule has 0 atom stereocenters. The number of nitrogens with zero attached hydrogens (tertiary/aromatic N) is 3. The van der Waals surface area contributed by atoms with Crippen LogP contribution in [0.3, 0.4) is 0 Å². The average Bonchev–Trinajstić information content (AvgIpc) is 3.12. The van der Waals surface area contributed by atoms with Crippen LogP contribution in [0.25, 0.3) is 22.3 Å². The molecule has 2 aromatic heterocycles. The molecule has 2 heterocycles. The zero-order chi connectivity index (χ0) is 22.0. The molecule has 0 spiro atoms. The summed E-state index contributed by atoms with van der Waals surface area (Å²) in [7, 11) is 0. The smallest absolute Gasteiger partial charge is 0.419 e. The molecule has 0 fully saturated rings. The molecule has 0 aliphatic carbocycles. The number of ether oxygens (including phenoxy) is 2. The quantitative estimate of drug-likeness (QED) is 0.361. The van der Waals surface area contributed by atoms with Crippen LogP contribution in [0.5, 0.6) is 5.75 Å². The minimum atomic E-state index is -0.657. The fraction of sp³-hybridized carbons (Fsp3) is 0.208. The van der Waals surface area contributed by atoms with Crippen LogP contribution in [-0.4, -0.2) is 26.2 Å². The molecule has 31 heavy (non-hydrogen) atoms. The maximum atomic E-state index is 13.1. The van der Waals surface area contributed by atoms with E-state index < -0.39 is 11.7 Å². The summed E-state index contributed by atoms with van der Waals surface area (Å²) >= 11 is 6.01. The van der Waals surface area contributed by atoms with E-state index in [1.807, 2.05) is 75.4 Å². The van der Waals surface area contributed by atoms with Crippen molar-refractivity contribution in [3.8, 4) is 17.1 Å². The van der Waals surface area contributed by atoms with Crippen molar-refractivity contribution in [2.24, 2.45) is 0 Å². The van der Waals surface area contributed by atoms with Gasteiger partial charge in [-0.15, -0.1) is 0 Å². The van der Waals surface area contributed by atoms with E-state index in [9.17, 15) is 4.79 Å². The molecular weight excluding hydrogens is 414 g/mol. The van der Waals surface area contributed by atoms with Gasteiger partial charge in [-0.2, -0.15) is 0 Å². The molecular formula is C24H22ClN3O3. The SMILES string of the molecule is CC(C)(C)OC(=O)n1c(-c2ccnc(Cl)n2)cc2c(OCc3ccccc3)cccc21. The first-order chi connectivity index (χ1) is 14.8. The number of rotatable bonds is 4. The van der Waals surface area contributed by atoms with E-state index in [1.54, 1.807) is 12.3 Å². The van der Waals surface area contributed by atoms with Crippen molar-refractivity contribution in [3.05, 3.63) is 77.7 Å². The predicted octanol–water partition coefficient (Wildman–Crippen LogP) is 6.11. The Kier molecular flexibility index (Phi) is 5.65. The third-order valence-electron chi connectivity index (χ3n) is 4.51. The molecule has 6 nitrogen and oxygen atoms in total. The lowest BCUT2D eigenvalue weighted by molar-refractivity contribution is 0.0547. The van der Waals surface area contributed by atoms with Crippen molar-refractivity contribution in [1.82, 2.24) is 14.5 Å². The highest BCUT2D eigenvalue weighted by Gasteiger charge is 2.24. The third-order valence-corrected chi connectivity index (χ3v) is 4.69. The van der Waals surface area contributed by atoms with E-state index >= 15 is 0 Å². The largest absolute Gasteiger partial charge is 0.488 e. The first-order valence-corrected chi connectivity index (χ1v) is 10.2. The van der Waals surface area contributed by atoms with Crippen molar-refractivity contribution in [1.29, 1.82) is 0 Å². The van der Waals surface area contributed by atoms with E-state index in [0.717, 1.165) is 10.9 Å². The van der Waals surface area contributed by atoms with Gasteiger partial charge in [-0.25, -0.2) is 19.3 Å². The second kappa shape index (κ2) is 8.40. The van der Waals surface area contributed by atoms with Crippen molar-refractivity contribution in [3.63, 3.8) is 0 Å². The van der Waals surface area contributed by atoms with Crippen molar-refractivity contribution >= 4 is 28.6 Å². The molecule has 0 N–H and O–H groups in total. The summed E-state index contributed by atoms with van der Waals surface area (Å²) in [6.45, 7) is 5.89. The predicted molar refractivity (Wildman–Crippen MR) is 120 cm³/mol. The number of hydrogen-bond donors (Lipinski definition) is 0. The van der Waals surface area contributed by atoms with E-state index in [1.165, 1.54) is 4.57 Å². The topological polar surface area (TPSA) is 66.2 Å². The lowest BCUT2D eigenvalue weighted by atomic mass is 10.2. The Labute approximate surface area is 185 Å². The highest BCUT2D eigenvalue weighted by molar-refractivity contribution is 6.28. The highest BCUT2D eigenvalue weighted by Crippen LogP contribution is 2.34. The van der Waals surface area contributed by atoms with Gasteiger partial charge in [0.15, 0.2) is 0 Å². The molecule has 7 heteroatoms. The van der Waals surface area contributed by atoms with E-state index in [-0.39, 0.29) is 5.28 Å². The van der Waals surface area contributed by atoms with Crippen LogP contribution < -0.4 is 4.74 Å². The second-order valence-corrected chi connectivity index (χ2v) is 8.36. The van der Waals surface area contributed by atoms with Gasteiger partial charge in [0, 0.05) is 11.6 Å². The molecule has 0 aliphatic heterocycles. The summed E-state index contributed by atoms with van der Waals surface area (Å²) in [6, 6.07) is 19.0. The number of carbonyl (C=O) groups excluding carboxylic acids is 1. The molecule has 158 valence electrons. The fourth-order valence-electron chi connectivity index (χ4n) is 3.24. The van der Waals surface area contributed by atoms with Gasteiger partial charge in [-0.05, 0) is 62.2 Å². The summed E-state index contributed by atoms with van der Waals surface area (Å²) in [4.78, 5) is 21.4. The monoisotopic (exact) mass is 435 g/mol. The standard InChI is InChI=1S/C24H22ClN3O3/c1-24(2,3)31-23(29)28-19-10-7-11-21(30-15-16-8-5-4-6-9-16)17(19)14-20(28)18-12-13-26-22(25)27-18/h4-14H,15H2,1-3H3. The number of halogens is 1. The average molecular weight is 436 g/mol. The zero-order valence-corrected chi connectivity index (χ0v) is 18.3. The maximum Gasteiger partial charge on any atom is 0.419 e. The number of carbonyl (C=O) groups is 1. The molecule has 0 amide bonds. The van der Waals surface area contributed by atoms with Crippen molar-refractivity contribution in [2.45, 2.75) is 33.0 Å². The van der Waals surface area contributed by atoms with Gasteiger partial charge >= 0.3 is 6.09 Å². The lowest BCUT2D eigenvalue weighted by Gasteiger charge is -2.21. The van der Waals surface area contributed by atoms with Gasteiger partial charge in [0.05, 0.1) is 16.9 Å². The number of fused-ring (bicyclic) bond motifs is 1. The molecule has 0 saturated carbocycles. The van der Waals surface area contributed by atoms with Crippen molar-refractivity contribution in [2.75, 3.05) is 0 Å². The van der Waals surface area contributed by atoms with Crippen molar-refractivity contribution < 1.29 is 14.3 Å². The Morgan fingerprint density at radius 1 is 1.06 bits per heavy atom. The molecule has 0 radical (unpaired) electrons. The molecule has 0 aliphatic rings. The fourth-order valence-corrected chi connectivity index (χ4v) is 3.38. The normalized spacial score (nSPS) is 11.5. The second-order valence-electron chi connectivity index (χ2n) is 8.02. The molecule has 4 rings (SSSR count). The van der Waals surface area contributed by atoms with Crippen LogP contribution >= 0.6 is 11.6 Å². The van der Waals surface area contributed by atoms with Gasteiger partial charge in [0.2, 0.25) is 5.28 Å². The molecule has 0 bridgehead atoms. The van der Waals surface area contributed by atoms with Crippen LogP contribution in [0.15, 0.2) is 66.9 Å². The summed E-state index contributed by atoms with van der Waals surface area (Å²) in [6.07, 6.45) is 1.04. The summed E-state index contributed by atoms with van der Waals surface area (Å²) in [5.41, 5.74) is 2.11. The van der Waals surface area contributed by atoms with Crippen LogP contribution in [0, 0.1) is 0 Å². The molecule has 4 aromatic rings. The van der Waals surface area contributed by atoms with E-state index in [4.69, 9.17) is 21.1 Å².